The fraction of sp³-hybridized carbons (Fsp3) is 0.417. The molecule has 0 aliphatic rings. The van der Waals surface area contributed by atoms with Gasteiger partial charge in [-0.25, -0.2) is 0 Å². The first-order chi connectivity index (χ1) is 7.09. The highest BCUT2D eigenvalue weighted by molar-refractivity contribution is 5.84. The standard InChI is InChI=1S/C12H18N2O/c1-9(2)13-12(15)10(3)14-11-7-5-4-6-8-11/h4-10,14H,1-3H3,(H,13,15). The summed E-state index contributed by atoms with van der Waals surface area (Å²) in [6, 6.07) is 9.68. The van der Waals surface area contributed by atoms with E-state index in [1.54, 1.807) is 0 Å². The van der Waals surface area contributed by atoms with Crippen LogP contribution >= 0.6 is 0 Å². The van der Waals surface area contributed by atoms with Gasteiger partial charge in [0.1, 0.15) is 6.04 Å². The van der Waals surface area contributed by atoms with E-state index < -0.39 is 0 Å². The molecule has 82 valence electrons. The van der Waals surface area contributed by atoms with Crippen LogP contribution in [0.25, 0.3) is 0 Å². The van der Waals surface area contributed by atoms with Crippen molar-refractivity contribution < 1.29 is 4.79 Å². The Labute approximate surface area is 90.9 Å². The van der Waals surface area contributed by atoms with Crippen molar-refractivity contribution >= 4 is 11.6 Å². The maximum Gasteiger partial charge on any atom is 0.242 e. The first-order valence-electron chi connectivity index (χ1n) is 5.21. The van der Waals surface area contributed by atoms with Crippen molar-refractivity contribution in [1.29, 1.82) is 0 Å². The fourth-order valence-electron chi connectivity index (χ4n) is 1.26. The Bertz CT molecular complexity index is 309. The van der Waals surface area contributed by atoms with E-state index in [1.165, 1.54) is 0 Å². The van der Waals surface area contributed by atoms with Gasteiger partial charge in [0, 0.05) is 11.7 Å². The molecule has 3 nitrogen and oxygen atoms in total. The predicted molar refractivity (Wildman–Crippen MR) is 62.8 cm³/mol. The molecule has 1 unspecified atom stereocenters. The van der Waals surface area contributed by atoms with Crippen molar-refractivity contribution in [2.45, 2.75) is 32.9 Å². The Balaban J connectivity index is 2.49. The number of benzene rings is 1. The summed E-state index contributed by atoms with van der Waals surface area (Å²) in [6.45, 7) is 5.75. The van der Waals surface area contributed by atoms with Gasteiger partial charge in [0.15, 0.2) is 0 Å². The normalized spacial score (nSPS) is 12.3. The van der Waals surface area contributed by atoms with Gasteiger partial charge < -0.3 is 10.6 Å². The van der Waals surface area contributed by atoms with Gasteiger partial charge in [0.05, 0.1) is 0 Å². The molecule has 3 heteroatoms. The van der Waals surface area contributed by atoms with Crippen LogP contribution in [-0.4, -0.2) is 18.0 Å². The molecular formula is C12H18N2O. The maximum atomic E-state index is 11.6. The van der Waals surface area contributed by atoms with Crippen LogP contribution in [0.15, 0.2) is 30.3 Å². The summed E-state index contributed by atoms with van der Waals surface area (Å²) in [5.41, 5.74) is 0.962. The van der Waals surface area contributed by atoms with E-state index >= 15 is 0 Å². The molecule has 0 radical (unpaired) electrons. The molecule has 1 atom stereocenters. The van der Waals surface area contributed by atoms with Crippen molar-refractivity contribution in [3.8, 4) is 0 Å². The molecule has 1 aromatic carbocycles. The van der Waals surface area contributed by atoms with Gasteiger partial charge >= 0.3 is 0 Å². The van der Waals surface area contributed by atoms with Gasteiger partial charge in [0.25, 0.3) is 0 Å². The quantitative estimate of drug-likeness (QED) is 0.791. The maximum absolute atomic E-state index is 11.6. The highest BCUT2D eigenvalue weighted by atomic mass is 16.2. The molecule has 0 spiro atoms. The molecule has 1 aromatic rings. The molecule has 1 amide bonds. The van der Waals surface area contributed by atoms with Crippen molar-refractivity contribution in [2.75, 3.05) is 5.32 Å². The lowest BCUT2D eigenvalue weighted by atomic mass is 10.2. The second-order valence-electron chi connectivity index (χ2n) is 3.90. The van der Waals surface area contributed by atoms with Crippen LogP contribution in [0.4, 0.5) is 5.69 Å². The molecule has 0 heterocycles. The molecular weight excluding hydrogens is 188 g/mol. The second kappa shape index (κ2) is 5.39. The zero-order valence-corrected chi connectivity index (χ0v) is 9.45. The second-order valence-corrected chi connectivity index (χ2v) is 3.90. The number of amides is 1. The molecule has 0 saturated heterocycles. The van der Waals surface area contributed by atoms with E-state index in [2.05, 4.69) is 10.6 Å². The molecule has 0 aliphatic heterocycles. The fourth-order valence-corrected chi connectivity index (χ4v) is 1.26. The molecule has 1 rings (SSSR count). The summed E-state index contributed by atoms with van der Waals surface area (Å²) in [5, 5.41) is 6.00. The summed E-state index contributed by atoms with van der Waals surface area (Å²) < 4.78 is 0. The molecule has 2 N–H and O–H groups in total. The topological polar surface area (TPSA) is 41.1 Å². The third kappa shape index (κ3) is 4.02. The summed E-state index contributed by atoms with van der Waals surface area (Å²) >= 11 is 0. The Kier molecular flexibility index (Phi) is 4.16. The van der Waals surface area contributed by atoms with E-state index in [1.807, 2.05) is 51.1 Å². The van der Waals surface area contributed by atoms with E-state index in [4.69, 9.17) is 0 Å². The van der Waals surface area contributed by atoms with Crippen LogP contribution in [0.3, 0.4) is 0 Å². The lowest BCUT2D eigenvalue weighted by Gasteiger charge is -2.16. The number of hydrogen-bond donors (Lipinski definition) is 2. The molecule has 0 aliphatic carbocycles. The summed E-state index contributed by atoms with van der Waals surface area (Å²) in [5.74, 6) is 0.0221. The molecule has 15 heavy (non-hydrogen) atoms. The van der Waals surface area contributed by atoms with Crippen LogP contribution in [0.1, 0.15) is 20.8 Å². The van der Waals surface area contributed by atoms with Gasteiger partial charge in [0.2, 0.25) is 5.91 Å². The average molecular weight is 206 g/mol. The van der Waals surface area contributed by atoms with Crippen LogP contribution in [0, 0.1) is 0 Å². The summed E-state index contributed by atoms with van der Waals surface area (Å²) in [6.07, 6.45) is 0. The van der Waals surface area contributed by atoms with Gasteiger partial charge in [-0.2, -0.15) is 0 Å². The zero-order chi connectivity index (χ0) is 11.3. The minimum Gasteiger partial charge on any atom is -0.374 e. The number of carbonyl (C=O) groups is 1. The van der Waals surface area contributed by atoms with Crippen LogP contribution in [-0.2, 0) is 4.79 Å². The van der Waals surface area contributed by atoms with Crippen molar-refractivity contribution in [1.82, 2.24) is 5.32 Å². The van der Waals surface area contributed by atoms with Gasteiger partial charge in [-0.05, 0) is 32.9 Å². The largest absolute Gasteiger partial charge is 0.374 e. The Hall–Kier alpha value is -1.51. The smallest absolute Gasteiger partial charge is 0.242 e. The van der Waals surface area contributed by atoms with E-state index in [-0.39, 0.29) is 18.0 Å². The number of rotatable bonds is 4. The van der Waals surface area contributed by atoms with Crippen molar-refractivity contribution in [3.63, 3.8) is 0 Å². The summed E-state index contributed by atoms with van der Waals surface area (Å²) in [7, 11) is 0. The minimum atomic E-state index is -0.213. The van der Waals surface area contributed by atoms with Crippen LogP contribution < -0.4 is 10.6 Å². The number of carbonyl (C=O) groups excluding carboxylic acids is 1. The van der Waals surface area contributed by atoms with Crippen LogP contribution in [0.2, 0.25) is 0 Å². The Morgan fingerprint density at radius 1 is 1.13 bits per heavy atom. The number of hydrogen-bond acceptors (Lipinski definition) is 2. The molecule has 0 bridgehead atoms. The number of para-hydroxylation sites is 1. The van der Waals surface area contributed by atoms with Crippen molar-refractivity contribution in [3.05, 3.63) is 30.3 Å². The first-order valence-corrected chi connectivity index (χ1v) is 5.21. The Morgan fingerprint density at radius 3 is 2.27 bits per heavy atom. The third-order valence-corrected chi connectivity index (χ3v) is 1.98. The molecule has 0 aromatic heterocycles. The average Bonchev–Trinajstić information content (AvgIpc) is 2.18. The van der Waals surface area contributed by atoms with E-state index in [0.29, 0.717) is 0 Å². The van der Waals surface area contributed by atoms with Crippen molar-refractivity contribution in [2.24, 2.45) is 0 Å². The van der Waals surface area contributed by atoms with Crippen LogP contribution in [0.5, 0.6) is 0 Å². The SMILES string of the molecule is CC(C)NC(=O)C(C)Nc1ccccc1. The third-order valence-electron chi connectivity index (χ3n) is 1.98. The van der Waals surface area contributed by atoms with Gasteiger partial charge in [-0.15, -0.1) is 0 Å². The highest BCUT2D eigenvalue weighted by Gasteiger charge is 2.12. The minimum absolute atomic E-state index is 0.0221. The number of anilines is 1. The van der Waals surface area contributed by atoms with Gasteiger partial charge in [-0.1, -0.05) is 18.2 Å². The summed E-state index contributed by atoms with van der Waals surface area (Å²) in [4.78, 5) is 11.6. The lowest BCUT2D eigenvalue weighted by Crippen LogP contribution is -2.40. The molecule has 0 saturated carbocycles. The zero-order valence-electron chi connectivity index (χ0n) is 9.45. The lowest BCUT2D eigenvalue weighted by molar-refractivity contribution is -0.122. The van der Waals surface area contributed by atoms with E-state index in [0.717, 1.165) is 5.69 Å². The molecule has 0 fully saturated rings. The monoisotopic (exact) mass is 206 g/mol. The van der Waals surface area contributed by atoms with E-state index in [9.17, 15) is 4.79 Å². The van der Waals surface area contributed by atoms with Gasteiger partial charge in [-0.3, -0.25) is 4.79 Å². The Morgan fingerprint density at radius 2 is 1.73 bits per heavy atom. The predicted octanol–water partition coefficient (Wildman–Crippen LogP) is 2.01. The first kappa shape index (κ1) is 11.6. The highest BCUT2D eigenvalue weighted by Crippen LogP contribution is 2.06. The number of nitrogens with one attached hydrogen (secondary N) is 2.